The predicted octanol–water partition coefficient (Wildman–Crippen LogP) is 1.05. The minimum atomic E-state index is -4.24. The Balaban J connectivity index is 3.69. The lowest BCUT2D eigenvalue weighted by Gasteiger charge is -2.15. The number of hydrogen-bond donors (Lipinski definition) is 2. The molecule has 0 spiro atoms. The fourth-order valence-electron chi connectivity index (χ4n) is 0.894. The number of nitrogens with one attached hydrogen (secondary N) is 1. The maximum atomic E-state index is 11.7. The van der Waals surface area contributed by atoms with Crippen LogP contribution < -0.4 is 5.32 Å². The molecule has 0 rings (SSSR count). The van der Waals surface area contributed by atoms with Gasteiger partial charge in [0.15, 0.2) is 0 Å². The van der Waals surface area contributed by atoms with Gasteiger partial charge in [-0.1, -0.05) is 0 Å². The number of aliphatic carboxylic acids is 1. The first kappa shape index (κ1) is 14.5. The normalized spacial score (nSPS) is 11.0. The zero-order valence-corrected chi connectivity index (χ0v) is 8.67. The van der Waals surface area contributed by atoms with Crippen LogP contribution in [-0.4, -0.2) is 48.3 Å². The van der Waals surface area contributed by atoms with Gasteiger partial charge in [0.2, 0.25) is 0 Å². The fourth-order valence-corrected chi connectivity index (χ4v) is 0.894. The fraction of sp³-hybridized carbons (Fsp3) is 0.750. The number of nitrogens with zero attached hydrogens (tertiary/aromatic N) is 1. The molecule has 0 aliphatic carbocycles. The van der Waals surface area contributed by atoms with E-state index < -0.39 is 31.1 Å². The molecule has 16 heavy (non-hydrogen) atoms. The molecule has 0 heterocycles. The Hall–Kier alpha value is -1.47. The number of rotatable bonds is 5. The van der Waals surface area contributed by atoms with Crippen LogP contribution in [0.3, 0.4) is 0 Å². The zero-order valence-electron chi connectivity index (χ0n) is 8.67. The largest absolute Gasteiger partial charge is 0.480 e. The lowest BCUT2D eigenvalue weighted by atomic mass is 10.3. The van der Waals surface area contributed by atoms with Crippen molar-refractivity contribution in [2.24, 2.45) is 0 Å². The molecule has 0 radical (unpaired) electrons. The van der Waals surface area contributed by atoms with Crippen molar-refractivity contribution in [3.8, 4) is 0 Å². The topological polar surface area (TPSA) is 69.6 Å². The summed E-state index contributed by atoms with van der Waals surface area (Å²) in [4.78, 5) is 22.1. The average Bonchev–Trinajstić information content (AvgIpc) is 2.09. The van der Waals surface area contributed by atoms with Crippen molar-refractivity contribution in [2.45, 2.75) is 19.0 Å². The highest BCUT2D eigenvalue weighted by Gasteiger charge is 2.26. The molecule has 2 N–H and O–H groups in total. The number of halogens is 3. The van der Waals surface area contributed by atoms with Crippen molar-refractivity contribution in [3.05, 3.63) is 0 Å². The highest BCUT2D eigenvalue weighted by Crippen LogP contribution is 2.20. The molecule has 0 saturated carbocycles. The van der Waals surface area contributed by atoms with Crippen LogP contribution in [0, 0.1) is 0 Å². The molecule has 0 fully saturated rings. The van der Waals surface area contributed by atoms with Crippen LogP contribution in [0.4, 0.5) is 18.0 Å². The molecule has 0 bridgehead atoms. The summed E-state index contributed by atoms with van der Waals surface area (Å²) in [5.74, 6) is -1.19. The molecule has 0 aromatic rings. The van der Waals surface area contributed by atoms with Gasteiger partial charge in [0.25, 0.3) is 0 Å². The SMILES string of the molecule is CN(CC(=O)O)C(=O)NCCCC(F)(F)F. The molecule has 8 heteroatoms. The number of amides is 2. The van der Waals surface area contributed by atoms with Gasteiger partial charge in [-0.3, -0.25) is 4.79 Å². The first-order valence-corrected chi connectivity index (χ1v) is 4.50. The van der Waals surface area contributed by atoms with Crippen molar-refractivity contribution in [2.75, 3.05) is 20.1 Å². The Morgan fingerprint density at radius 2 is 1.94 bits per heavy atom. The molecule has 0 unspecified atom stereocenters. The van der Waals surface area contributed by atoms with Crippen molar-refractivity contribution < 1.29 is 27.9 Å². The Kier molecular flexibility index (Phi) is 5.62. The zero-order chi connectivity index (χ0) is 12.8. The summed E-state index contributed by atoms with van der Waals surface area (Å²) in [6, 6.07) is -0.704. The summed E-state index contributed by atoms with van der Waals surface area (Å²) >= 11 is 0. The smallest absolute Gasteiger partial charge is 0.389 e. The molecule has 0 aromatic carbocycles. The number of carbonyl (C=O) groups excluding carboxylic acids is 1. The molecule has 0 aliphatic rings. The number of urea groups is 1. The second kappa shape index (κ2) is 6.19. The van der Waals surface area contributed by atoms with Gasteiger partial charge in [-0.2, -0.15) is 13.2 Å². The molecule has 94 valence electrons. The molecule has 0 aliphatic heterocycles. The van der Waals surface area contributed by atoms with E-state index >= 15 is 0 Å². The van der Waals surface area contributed by atoms with Crippen molar-refractivity contribution >= 4 is 12.0 Å². The van der Waals surface area contributed by atoms with Gasteiger partial charge >= 0.3 is 18.2 Å². The minimum Gasteiger partial charge on any atom is -0.480 e. The van der Waals surface area contributed by atoms with Crippen molar-refractivity contribution in [1.82, 2.24) is 10.2 Å². The maximum Gasteiger partial charge on any atom is 0.389 e. The van der Waals surface area contributed by atoms with Gasteiger partial charge < -0.3 is 15.3 Å². The van der Waals surface area contributed by atoms with Gasteiger partial charge in [-0.05, 0) is 6.42 Å². The first-order valence-electron chi connectivity index (χ1n) is 4.50. The van der Waals surface area contributed by atoms with E-state index in [0.717, 1.165) is 4.90 Å². The number of hydrogen-bond acceptors (Lipinski definition) is 2. The van der Waals surface area contributed by atoms with E-state index in [9.17, 15) is 22.8 Å². The Bertz CT molecular complexity index is 255. The molecule has 0 atom stereocenters. The quantitative estimate of drug-likeness (QED) is 0.708. The predicted molar refractivity (Wildman–Crippen MR) is 49.0 cm³/mol. The summed E-state index contributed by atoms with van der Waals surface area (Å²) in [7, 11) is 1.24. The second-order valence-corrected chi connectivity index (χ2v) is 3.20. The third kappa shape index (κ3) is 7.89. The van der Waals surface area contributed by atoms with E-state index in [2.05, 4.69) is 5.32 Å². The molecule has 2 amide bonds. The number of alkyl halides is 3. The summed E-state index contributed by atoms with van der Waals surface area (Å²) < 4.78 is 35.1. The van der Waals surface area contributed by atoms with E-state index in [4.69, 9.17) is 5.11 Å². The van der Waals surface area contributed by atoms with Gasteiger partial charge in [-0.25, -0.2) is 4.79 Å². The number of likely N-dealkylation sites (N-methyl/N-ethyl adjacent to an activating group) is 1. The minimum absolute atomic E-state index is 0.137. The first-order chi connectivity index (χ1) is 7.22. The number of carbonyl (C=O) groups is 2. The van der Waals surface area contributed by atoms with Crippen molar-refractivity contribution in [1.29, 1.82) is 0 Å². The number of carboxylic acid groups (broad SMARTS) is 1. The highest BCUT2D eigenvalue weighted by molar-refractivity contribution is 5.79. The number of carboxylic acids is 1. The standard InChI is InChI=1S/C8H13F3N2O3/c1-13(5-6(14)15)7(16)12-4-2-3-8(9,10)11/h2-5H2,1H3,(H,12,16)(H,14,15). The van der Waals surface area contributed by atoms with E-state index in [-0.39, 0.29) is 13.0 Å². The molecule has 0 aromatic heterocycles. The van der Waals surface area contributed by atoms with Gasteiger partial charge in [-0.15, -0.1) is 0 Å². The monoisotopic (exact) mass is 242 g/mol. The van der Waals surface area contributed by atoms with Gasteiger partial charge in [0.05, 0.1) is 0 Å². The molecular formula is C8H13F3N2O3. The molecule has 0 saturated heterocycles. The summed E-state index contributed by atoms with van der Waals surface area (Å²) in [6.45, 7) is -0.632. The Morgan fingerprint density at radius 3 is 2.38 bits per heavy atom. The van der Waals surface area contributed by atoms with Crippen LogP contribution in [0.5, 0.6) is 0 Å². The van der Waals surface area contributed by atoms with E-state index in [1.165, 1.54) is 7.05 Å². The van der Waals surface area contributed by atoms with Crippen LogP contribution in [0.2, 0.25) is 0 Å². The van der Waals surface area contributed by atoms with Crippen LogP contribution in [0.15, 0.2) is 0 Å². The summed E-state index contributed by atoms with van der Waals surface area (Å²) in [5.41, 5.74) is 0. The Labute approximate surface area is 90.2 Å². The third-order valence-corrected chi connectivity index (χ3v) is 1.63. The highest BCUT2D eigenvalue weighted by atomic mass is 19.4. The van der Waals surface area contributed by atoms with E-state index in [0.29, 0.717) is 0 Å². The van der Waals surface area contributed by atoms with Gasteiger partial charge in [0, 0.05) is 20.0 Å². The van der Waals surface area contributed by atoms with Crippen LogP contribution in [0.25, 0.3) is 0 Å². The van der Waals surface area contributed by atoms with Crippen LogP contribution in [-0.2, 0) is 4.79 Å². The van der Waals surface area contributed by atoms with E-state index in [1.54, 1.807) is 0 Å². The second-order valence-electron chi connectivity index (χ2n) is 3.20. The summed E-state index contributed by atoms with van der Waals surface area (Å²) in [5, 5.41) is 10.5. The third-order valence-electron chi connectivity index (χ3n) is 1.63. The van der Waals surface area contributed by atoms with Crippen LogP contribution >= 0.6 is 0 Å². The Morgan fingerprint density at radius 1 is 1.38 bits per heavy atom. The lowest BCUT2D eigenvalue weighted by Crippen LogP contribution is -2.40. The van der Waals surface area contributed by atoms with Crippen molar-refractivity contribution in [3.63, 3.8) is 0 Å². The van der Waals surface area contributed by atoms with Crippen LogP contribution in [0.1, 0.15) is 12.8 Å². The molecular weight excluding hydrogens is 229 g/mol. The average molecular weight is 242 g/mol. The van der Waals surface area contributed by atoms with Gasteiger partial charge in [0.1, 0.15) is 6.54 Å². The maximum absolute atomic E-state index is 11.7. The molecule has 5 nitrogen and oxygen atoms in total. The van der Waals surface area contributed by atoms with E-state index in [1.807, 2.05) is 0 Å². The summed E-state index contributed by atoms with van der Waals surface area (Å²) in [6.07, 6.45) is -5.44. The lowest BCUT2D eigenvalue weighted by molar-refractivity contribution is -0.137.